The lowest BCUT2D eigenvalue weighted by molar-refractivity contribution is 0.0695. The molecule has 41 heavy (non-hydrogen) atoms. The maximum absolute atomic E-state index is 14.1. The molecule has 1 atom stereocenters. The van der Waals surface area contributed by atoms with Crippen molar-refractivity contribution in [1.29, 1.82) is 0 Å². The first-order valence-electron chi connectivity index (χ1n) is 12.7. The summed E-state index contributed by atoms with van der Waals surface area (Å²) in [5.74, 6) is -2.56. The van der Waals surface area contributed by atoms with Gasteiger partial charge in [-0.1, -0.05) is 12.1 Å². The van der Waals surface area contributed by atoms with Gasteiger partial charge < -0.3 is 26.8 Å². The van der Waals surface area contributed by atoms with Crippen molar-refractivity contribution in [2.75, 3.05) is 0 Å². The normalized spacial score (nSPS) is 14.0. The number of nitrogens with one attached hydrogen (secondary N) is 3. The molecule has 0 unspecified atom stereocenters. The number of carbonyl (C=O) groups is 4. The van der Waals surface area contributed by atoms with Crippen LogP contribution in [0, 0.1) is 12.7 Å². The molecule has 12 nitrogen and oxygen atoms in total. The molecule has 13 heteroatoms. The van der Waals surface area contributed by atoms with Crippen LogP contribution >= 0.6 is 0 Å². The van der Waals surface area contributed by atoms with Crippen molar-refractivity contribution in [2.45, 2.75) is 38.9 Å². The van der Waals surface area contributed by atoms with Gasteiger partial charge in [-0.3, -0.25) is 9.59 Å². The molecule has 2 aromatic heterocycles. The molecule has 0 saturated heterocycles. The van der Waals surface area contributed by atoms with Crippen molar-refractivity contribution in [2.24, 2.45) is 5.73 Å². The average molecular weight is 560 g/mol. The van der Waals surface area contributed by atoms with Crippen LogP contribution in [-0.2, 0) is 19.5 Å². The van der Waals surface area contributed by atoms with Gasteiger partial charge in [0.15, 0.2) is 5.65 Å². The van der Waals surface area contributed by atoms with E-state index < -0.39 is 29.6 Å². The Morgan fingerprint density at radius 3 is 2.63 bits per heavy atom. The molecular weight excluding hydrogens is 533 g/mol. The van der Waals surface area contributed by atoms with E-state index in [4.69, 9.17) is 5.73 Å². The molecule has 1 aliphatic carbocycles. The number of primary amides is 1. The van der Waals surface area contributed by atoms with Gasteiger partial charge in [0.2, 0.25) is 0 Å². The number of hydrogen-bond donors (Lipinski definition) is 5. The van der Waals surface area contributed by atoms with Crippen LogP contribution in [0.2, 0.25) is 0 Å². The number of carboxylic acid groups (broad SMARTS) is 1. The summed E-state index contributed by atoms with van der Waals surface area (Å²) in [6.45, 7) is 1.69. The maximum atomic E-state index is 14.1. The Bertz CT molecular complexity index is 1720. The van der Waals surface area contributed by atoms with E-state index in [9.17, 15) is 28.7 Å². The second kappa shape index (κ2) is 11.0. The standard InChI is InChI=1S/C28H26FN7O5/c1-14-17-5-7-21(19(17)4-3-18(14)27(39)40)35-26(38)23-11-22(34-24-8-9-33-36(23)24)25(37)31-12-15-2-6-20(29)16(10-15)13-32-28(30)41/h2-4,6,8-11,21H,5,7,12-13H2,1H3,(H,31,37)(H,35,38)(H,39,40)(H3,30,32,41)/t21-/m0/s1. The summed E-state index contributed by atoms with van der Waals surface area (Å²) in [6.07, 6.45) is 2.68. The molecule has 4 amide bonds. The third-order valence-corrected chi connectivity index (χ3v) is 7.07. The summed E-state index contributed by atoms with van der Waals surface area (Å²) < 4.78 is 15.4. The minimum atomic E-state index is -0.999. The number of benzene rings is 2. The van der Waals surface area contributed by atoms with E-state index in [0.29, 0.717) is 24.0 Å². The van der Waals surface area contributed by atoms with E-state index in [1.165, 1.54) is 35.0 Å². The number of halogens is 1. The average Bonchev–Trinajstić information content (AvgIpc) is 3.58. The van der Waals surface area contributed by atoms with Gasteiger partial charge in [-0.2, -0.15) is 5.10 Å². The minimum Gasteiger partial charge on any atom is -0.478 e. The van der Waals surface area contributed by atoms with Crippen molar-refractivity contribution in [1.82, 2.24) is 30.5 Å². The monoisotopic (exact) mass is 559 g/mol. The fourth-order valence-electron chi connectivity index (χ4n) is 5.01. The van der Waals surface area contributed by atoms with E-state index in [1.807, 2.05) is 0 Å². The predicted molar refractivity (Wildman–Crippen MR) is 144 cm³/mol. The first kappa shape index (κ1) is 27.2. The summed E-state index contributed by atoms with van der Waals surface area (Å²) in [7, 11) is 0. The second-order valence-electron chi connectivity index (χ2n) is 9.63. The molecule has 2 heterocycles. The molecule has 5 rings (SSSR count). The van der Waals surface area contributed by atoms with Gasteiger partial charge in [-0.05, 0) is 60.2 Å². The number of aromatic carboxylic acids is 1. The molecule has 210 valence electrons. The Morgan fingerprint density at radius 2 is 1.88 bits per heavy atom. The van der Waals surface area contributed by atoms with Crippen molar-refractivity contribution in [3.05, 3.63) is 99.2 Å². The van der Waals surface area contributed by atoms with E-state index >= 15 is 0 Å². The smallest absolute Gasteiger partial charge is 0.335 e. The molecule has 0 radical (unpaired) electrons. The zero-order valence-corrected chi connectivity index (χ0v) is 21.9. The van der Waals surface area contributed by atoms with E-state index in [-0.39, 0.29) is 47.3 Å². The number of fused-ring (bicyclic) bond motifs is 2. The third kappa shape index (κ3) is 5.55. The van der Waals surface area contributed by atoms with Crippen LogP contribution in [-0.4, -0.2) is 43.5 Å². The van der Waals surface area contributed by atoms with Gasteiger partial charge in [-0.15, -0.1) is 0 Å². The molecule has 4 aromatic rings. The molecule has 0 spiro atoms. The Balaban J connectivity index is 1.33. The molecule has 0 aliphatic heterocycles. The van der Waals surface area contributed by atoms with E-state index in [0.717, 1.165) is 11.1 Å². The first-order chi connectivity index (χ1) is 19.6. The Hall–Kier alpha value is -5.33. The van der Waals surface area contributed by atoms with Crippen LogP contribution in [0.15, 0.2) is 48.7 Å². The highest BCUT2D eigenvalue weighted by Crippen LogP contribution is 2.35. The first-order valence-corrected chi connectivity index (χ1v) is 12.7. The third-order valence-electron chi connectivity index (χ3n) is 7.07. The minimum absolute atomic E-state index is 0.0188. The Morgan fingerprint density at radius 1 is 1.07 bits per heavy atom. The number of carbonyl (C=O) groups excluding carboxylic acids is 3. The van der Waals surface area contributed by atoms with Gasteiger partial charge >= 0.3 is 12.0 Å². The van der Waals surface area contributed by atoms with Crippen molar-refractivity contribution < 1.29 is 28.7 Å². The zero-order valence-electron chi connectivity index (χ0n) is 21.9. The highest BCUT2D eigenvalue weighted by Gasteiger charge is 2.28. The number of rotatable bonds is 8. The van der Waals surface area contributed by atoms with Gasteiger partial charge in [0.05, 0.1) is 17.8 Å². The van der Waals surface area contributed by atoms with Crippen molar-refractivity contribution in [3.8, 4) is 0 Å². The van der Waals surface area contributed by atoms with Crippen molar-refractivity contribution >= 4 is 29.5 Å². The summed E-state index contributed by atoms with van der Waals surface area (Å²) in [6, 6.07) is 9.26. The fraction of sp³-hybridized carbons (Fsp3) is 0.214. The van der Waals surface area contributed by atoms with Gasteiger partial charge in [0.25, 0.3) is 11.8 Å². The van der Waals surface area contributed by atoms with Crippen molar-refractivity contribution in [3.63, 3.8) is 0 Å². The van der Waals surface area contributed by atoms with E-state index in [1.54, 1.807) is 25.1 Å². The number of hydrogen-bond acceptors (Lipinski definition) is 6. The van der Waals surface area contributed by atoms with Gasteiger partial charge in [-0.25, -0.2) is 23.5 Å². The number of urea groups is 1. The van der Waals surface area contributed by atoms with Crippen LogP contribution in [0.1, 0.15) is 71.6 Å². The summed E-state index contributed by atoms with van der Waals surface area (Å²) in [5, 5.41) is 21.6. The van der Waals surface area contributed by atoms with E-state index in [2.05, 4.69) is 26.0 Å². The fourth-order valence-corrected chi connectivity index (χ4v) is 5.01. The molecule has 2 aromatic carbocycles. The summed E-state index contributed by atoms with van der Waals surface area (Å²) in [5.41, 5.74) is 8.88. The summed E-state index contributed by atoms with van der Waals surface area (Å²) >= 11 is 0. The van der Waals surface area contributed by atoms with Gasteiger partial charge in [0.1, 0.15) is 17.2 Å². The molecule has 0 saturated carbocycles. The largest absolute Gasteiger partial charge is 0.478 e. The SMILES string of the molecule is Cc1c(C(=O)O)ccc2c1CC[C@@H]2NC(=O)c1cc(C(=O)NCc2ccc(F)c(CNC(N)=O)c2)nc2ccnn12. The number of aromatic nitrogens is 3. The molecule has 0 fully saturated rings. The Kier molecular flexibility index (Phi) is 7.34. The second-order valence-corrected chi connectivity index (χ2v) is 9.63. The van der Waals surface area contributed by atoms with Gasteiger partial charge in [0, 0.05) is 30.8 Å². The molecule has 0 bridgehead atoms. The highest BCUT2D eigenvalue weighted by atomic mass is 19.1. The van der Waals surface area contributed by atoms with Crippen LogP contribution in [0.5, 0.6) is 0 Å². The number of carboxylic acids is 1. The van der Waals surface area contributed by atoms with Crippen LogP contribution in [0.3, 0.4) is 0 Å². The van der Waals surface area contributed by atoms with Crippen LogP contribution in [0.25, 0.3) is 5.65 Å². The molecular formula is C28H26FN7O5. The lowest BCUT2D eigenvalue weighted by Crippen LogP contribution is -2.31. The van der Waals surface area contributed by atoms with Crippen LogP contribution in [0.4, 0.5) is 9.18 Å². The molecule has 1 aliphatic rings. The Labute approximate surface area is 232 Å². The highest BCUT2D eigenvalue weighted by molar-refractivity contribution is 5.98. The summed E-state index contributed by atoms with van der Waals surface area (Å²) in [4.78, 5) is 53.2. The molecule has 6 N–H and O–H groups in total. The maximum Gasteiger partial charge on any atom is 0.335 e. The number of amides is 4. The lowest BCUT2D eigenvalue weighted by Gasteiger charge is -2.16. The number of nitrogens with two attached hydrogens (primary N) is 1. The van der Waals surface area contributed by atoms with Crippen LogP contribution < -0.4 is 21.7 Å². The topological polar surface area (TPSA) is 181 Å². The number of nitrogens with zero attached hydrogens (tertiary/aromatic N) is 3. The quantitative estimate of drug-likeness (QED) is 0.220. The zero-order chi connectivity index (χ0) is 29.3. The predicted octanol–water partition coefficient (Wildman–Crippen LogP) is 2.39. The lowest BCUT2D eigenvalue weighted by atomic mass is 9.98.